The summed E-state index contributed by atoms with van der Waals surface area (Å²) in [5.74, 6) is 5.83. The summed E-state index contributed by atoms with van der Waals surface area (Å²) in [5, 5.41) is 67.3. The zero-order valence-electron chi connectivity index (χ0n) is 94.1. The zero-order chi connectivity index (χ0) is 102. The fourth-order valence-electron chi connectivity index (χ4n) is 15.2. The molecule has 8 atom stereocenters. The molecule has 1 spiro atoms. The molecule has 1 saturated carbocycles. The minimum atomic E-state index is -0.0359. The highest BCUT2D eigenvalue weighted by molar-refractivity contribution is 8.13. The Morgan fingerprint density at radius 1 is 0.254 bits per heavy atom. The fourth-order valence-corrected chi connectivity index (χ4v) is 16.8. The van der Waals surface area contributed by atoms with Gasteiger partial charge in [-0.25, -0.2) is 4.79 Å². The van der Waals surface area contributed by atoms with Crippen molar-refractivity contribution >= 4 is 46.5 Å². The van der Waals surface area contributed by atoms with Crippen molar-refractivity contribution in [3.8, 4) is 0 Å². The average molecular weight is 1960 g/mol. The molecule has 19 heterocycles. The van der Waals surface area contributed by atoms with Gasteiger partial charge in [-0.2, -0.15) is 11.8 Å². The van der Waals surface area contributed by atoms with Crippen LogP contribution < -0.4 is 112 Å². The third-order valence-electron chi connectivity index (χ3n) is 21.8. The maximum absolute atomic E-state index is 10.6. The summed E-state index contributed by atoms with van der Waals surface area (Å²) in [4.78, 5) is 41.7. The van der Waals surface area contributed by atoms with Crippen molar-refractivity contribution < 1.29 is 28.7 Å². The second-order valence-electron chi connectivity index (χ2n) is 30.9. The summed E-state index contributed by atoms with van der Waals surface area (Å²) >= 11 is 3.49. The molecule has 0 aromatic carbocycles. The van der Waals surface area contributed by atoms with E-state index in [1.54, 1.807) is 0 Å². The molecule has 1 aliphatic carbocycles. The molecule has 27 nitrogen and oxygen atoms in total. The molecule has 814 valence electrons. The van der Waals surface area contributed by atoms with E-state index < -0.39 is 0 Å². The van der Waals surface area contributed by atoms with Crippen LogP contribution >= 0.6 is 23.5 Å². The van der Waals surface area contributed by atoms with Crippen molar-refractivity contribution in [3.63, 3.8) is 0 Å². The predicted octanol–water partition coefficient (Wildman–Crippen LogP) is 15.2. The number of urea groups is 1. The standard InChI is InChI=1S/C8H16N2.C7H13NO.C7H13N.C6H12N2.C6H11N.C6H13N.C5H10N2O.C5H12N2.C5H9NOS.C5H11NO.C5H11NS.2C4H8N2O.C4H10N2.14C2H6/c1-3-9-6-8-2-4-10-5-7(1)8;1-3-8-4-2-7(1)5-9-6-7;1-2-6-4-5-7(3-1)8-6;1-2-6-4-7-3-5(1)8-6;1-2-5-4-6(3-1)7-5;1-2-4-6-7-5-3-1;8-5-1-2-6-3-4-7-5;1-2-6-4-5-7-3-1;7-5-1-2-6-3-4-8-5;2*1-2-6-3-5-7-4-1;7-4-3-5-1-2-6-4;7-4-5-2-1-3-6-4;1-2-6-4-3-5-1;14*1-2/h7-10H,1-6H2;8H,1-6H2;6-8H,1-5H2;5-8H,1-4H2;5-7H,1-4H2;7H,1-6H2;6H,1-4H2,(H,7,8);6-7H,1-5H2;6H,1-4H2;2*6H,1-5H2;5H,1-3H2,(H,6,7);1-3H2,(H2,5,6,7);5-6H,1-4H2;14*1-2H3. The Balaban J connectivity index is -0.000000176. The Kier molecular flexibility index (Phi) is 148. The van der Waals surface area contributed by atoms with Crippen LogP contribution in [-0.2, 0) is 23.9 Å². The molecular weight excluding hydrogens is 1720 g/mol. The number of hydrogen-bond acceptors (Lipinski definition) is 25. The molecule has 20 fully saturated rings. The van der Waals surface area contributed by atoms with Crippen molar-refractivity contribution in [1.82, 2.24) is 112 Å². The number of nitrogens with one attached hydrogen (secondary N) is 21. The topological polar surface area (TPSA) is 339 Å². The highest BCUT2D eigenvalue weighted by Crippen LogP contribution is 2.36. The number of carbonyl (C=O) groups is 4. The first-order valence-electron chi connectivity index (χ1n) is 56.9. The van der Waals surface area contributed by atoms with E-state index in [4.69, 9.17) is 9.47 Å². The second-order valence-corrected chi connectivity index (χ2v) is 33.3. The molecule has 29 heteroatoms. The predicted molar refractivity (Wildman–Crippen MR) is 600 cm³/mol. The molecule has 0 radical (unpaired) electrons. The number of piperidine rings is 5. The van der Waals surface area contributed by atoms with Gasteiger partial charge in [0.15, 0.2) is 5.12 Å². The smallest absolute Gasteiger partial charge is 0.314 e. The van der Waals surface area contributed by atoms with E-state index in [1.807, 2.05) is 194 Å². The van der Waals surface area contributed by atoms with Crippen LogP contribution in [0.2, 0.25) is 0 Å². The van der Waals surface area contributed by atoms with Crippen LogP contribution in [0.1, 0.15) is 354 Å². The summed E-state index contributed by atoms with van der Waals surface area (Å²) in [5.41, 5.74) is 0.616. The first kappa shape index (κ1) is 150. The molecule has 6 bridgehead atoms. The number of fused-ring (bicyclic) bond motifs is 7. The van der Waals surface area contributed by atoms with E-state index in [-0.39, 0.29) is 17.8 Å². The number of thioether (sulfide) groups is 2. The Morgan fingerprint density at radius 2 is 0.627 bits per heavy atom. The normalized spacial score (nSPS) is 24.6. The van der Waals surface area contributed by atoms with E-state index in [9.17, 15) is 19.2 Å². The second kappa shape index (κ2) is 133. The monoisotopic (exact) mass is 1960 g/mol. The fraction of sp³-hybridized carbons (Fsp3) is 0.962. The zero-order valence-corrected chi connectivity index (χ0v) is 95.8. The van der Waals surface area contributed by atoms with E-state index in [2.05, 4.69) is 123 Å². The minimum absolute atomic E-state index is 0.0359. The Labute approximate surface area is 842 Å². The number of rotatable bonds is 0. The van der Waals surface area contributed by atoms with Crippen LogP contribution in [0.15, 0.2) is 0 Å². The lowest BCUT2D eigenvalue weighted by atomic mass is 9.77. The molecule has 0 aromatic heterocycles. The van der Waals surface area contributed by atoms with Crippen LogP contribution in [-0.4, -0.2) is 312 Å². The first-order valence-corrected chi connectivity index (χ1v) is 59.1. The van der Waals surface area contributed by atoms with E-state index in [1.165, 1.54) is 256 Å². The summed E-state index contributed by atoms with van der Waals surface area (Å²) in [7, 11) is 0. The van der Waals surface area contributed by atoms with Crippen molar-refractivity contribution in [2.45, 2.75) is 391 Å². The van der Waals surface area contributed by atoms with Crippen LogP contribution in [0, 0.1) is 17.3 Å². The van der Waals surface area contributed by atoms with Crippen LogP contribution in [0.4, 0.5) is 4.79 Å². The Hall–Kier alpha value is -2.18. The van der Waals surface area contributed by atoms with Crippen molar-refractivity contribution in [2.75, 3.05) is 253 Å². The molecule has 21 N–H and O–H groups in total. The average Bonchev–Trinajstić information content (AvgIpc) is 1.10. The highest BCUT2D eigenvalue weighted by atomic mass is 32.2. The van der Waals surface area contributed by atoms with Gasteiger partial charge in [-0.1, -0.05) is 231 Å². The van der Waals surface area contributed by atoms with Gasteiger partial charge in [-0.15, -0.1) is 0 Å². The molecule has 0 aromatic rings. The maximum atomic E-state index is 10.6. The van der Waals surface area contributed by atoms with Gasteiger partial charge in [0.1, 0.15) is 0 Å². The SMILES string of the molecule is C1CC2(CCN1)COC2.C1CC2CC(C1)N2.C1CC2CCC(C1)N2.C1CC2CNCC1N2.C1CC2CNCCC2CN1.C1CCCNCC1.C1CNCCN1.C1CNCCNC1.C1CNCCOC1.C1CNCCSC1.CC.CC.CC.CC.CC.CC.CC.CC.CC.CC.CC.CC.CC.CC.O=C1CCNCCN1.O=C1CCNCCS1.O=C1CNCCN1.O=C1NCCCN1. The van der Waals surface area contributed by atoms with E-state index in [0.717, 1.165) is 198 Å². The van der Waals surface area contributed by atoms with E-state index in [0.29, 0.717) is 29.9 Å². The van der Waals surface area contributed by atoms with Gasteiger partial charge < -0.3 is 121 Å². The molecular formula is C105H241N21O6S2. The number of piperazine rings is 3. The molecule has 8 unspecified atom stereocenters. The van der Waals surface area contributed by atoms with E-state index >= 15 is 0 Å². The minimum Gasteiger partial charge on any atom is -0.380 e. The van der Waals surface area contributed by atoms with Crippen LogP contribution in [0.5, 0.6) is 0 Å². The van der Waals surface area contributed by atoms with Crippen LogP contribution in [0.3, 0.4) is 0 Å². The Bertz CT molecular complexity index is 1820. The molecule has 134 heavy (non-hydrogen) atoms. The third kappa shape index (κ3) is 101. The molecule has 20 aliphatic rings. The lowest BCUT2D eigenvalue weighted by Gasteiger charge is -2.44. The maximum Gasteiger partial charge on any atom is 0.314 e. The summed E-state index contributed by atoms with van der Waals surface area (Å²) in [6.07, 6.45) is 33.1. The van der Waals surface area contributed by atoms with Crippen molar-refractivity contribution in [1.29, 1.82) is 0 Å². The van der Waals surface area contributed by atoms with Gasteiger partial charge in [0.25, 0.3) is 0 Å². The van der Waals surface area contributed by atoms with Gasteiger partial charge in [-0.05, 0) is 218 Å². The van der Waals surface area contributed by atoms with Crippen LogP contribution in [0.25, 0.3) is 0 Å². The highest BCUT2D eigenvalue weighted by Gasteiger charge is 2.39. The van der Waals surface area contributed by atoms with Gasteiger partial charge in [0.2, 0.25) is 11.8 Å². The van der Waals surface area contributed by atoms with Gasteiger partial charge in [0, 0.05) is 197 Å². The molecule has 4 amide bonds. The Morgan fingerprint density at radius 3 is 1.05 bits per heavy atom. The summed E-state index contributed by atoms with van der Waals surface area (Å²) < 4.78 is 10.3. The quantitative estimate of drug-likeness (QED) is 0.107. The van der Waals surface area contributed by atoms with Crippen molar-refractivity contribution in [2.24, 2.45) is 17.3 Å². The summed E-state index contributed by atoms with van der Waals surface area (Å²) in [6, 6.07) is 5.24. The number of hydrogen-bond donors (Lipinski definition) is 21. The molecule has 19 aliphatic heterocycles. The van der Waals surface area contributed by atoms with Crippen molar-refractivity contribution in [3.05, 3.63) is 0 Å². The first-order chi connectivity index (χ1) is 66.3. The molecule has 20 rings (SSSR count). The van der Waals surface area contributed by atoms with Gasteiger partial charge >= 0.3 is 6.03 Å². The lowest BCUT2D eigenvalue weighted by Crippen LogP contribution is -2.55. The summed E-state index contributed by atoms with van der Waals surface area (Å²) in [6.45, 7) is 94.2. The number of carbonyl (C=O) groups excluding carboxylic acids is 4. The van der Waals surface area contributed by atoms with Gasteiger partial charge in [0.05, 0.1) is 26.4 Å². The molecule has 19 saturated heterocycles. The lowest BCUT2D eigenvalue weighted by molar-refractivity contribution is -0.127. The number of amides is 4. The number of ether oxygens (including phenoxy) is 2. The third-order valence-corrected chi connectivity index (χ3v) is 23.8. The largest absolute Gasteiger partial charge is 0.380 e. The van der Waals surface area contributed by atoms with Gasteiger partial charge in [-0.3, -0.25) is 14.4 Å².